The fourth-order valence-electron chi connectivity index (χ4n) is 0.697. The van der Waals surface area contributed by atoms with E-state index in [0.717, 1.165) is 0 Å². The lowest BCUT2D eigenvalue weighted by molar-refractivity contribution is -0.340. The van der Waals surface area contributed by atoms with Gasteiger partial charge in [0, 0.05) is 7.05 Å². The van der Waals surface area contributed by atoms with Crippen LogP contribution in [-0.2, 0) is 4.74 Å². The first-order chi connectivity index (χ1) is 4.97. The summed E-state index contributed by atoms with van der Waals surface area (Å²) >= 11 is 0. The first kappa shape index (κ1) is 8.32. The summed E-state index contributed by atoms with van der Waals surface area (Å²) in [4.78, 5) is 4.73. The molecule has 1 unspecified atom stereocenters. The van der Waals surface area contributed by atoms with E-state index < -0.39 is 12.6 Å². The number of aliphatic imine (C=N–C) groups is 1. The van der Waals surface area contributed by atoms with E-state index >= 15 is 0 Å². The van der Waals surface area contributed by atoms with E-state index in [0.29, 0.717) is 0 Å². The van der Waals surface area contributed by atoms with Crippen LogP contribution in [0.2, 0.25) is 0 Å². The molecule has 1 rings (SSSR count). The summed E-state index contributed by atoms with van der Waals surface area (Å²) in [6.07, 6.45) is -3.44. The van der Waals surface area contributed by atoms with Gasteiger partial charge in [0.2, 0.25) is 0 Å². The Kier molecular flexibility index (Phi) is 2.03. The van der Waals surface area contributed by atoms with Gasteiger partial charge < -0.3 is 4.90 Å². The molecule has 6 heteroatoms. The van der Waals surface area contributed by atoms with Crippen LogP contribution in [0.1, 0.15) is 0 Å². The van der Waals surface area contributed by atoms with Gasteiger partial charge in [-0.15, -0.1) is 13.2 Å². The lowest BCUT2D eigenvalue weighted by atomic mass is 10.6. The SMILES string of the molecule is CN1[C]=NC(OC(F)(F)F)C1. The number of ether oxygens (including phenoxy) is 1. The average molecular weight is 167 g/mol. The van der Waals surface area contributed by atoms with Crippen molar-refractivity contribution in [2.45, 2.75) is 12.6 Å². The normalized spacial score (nSPS) is 24.7. The zero-order valence-corrected chi connectivity index (χ0v) is 5.72. The van der Waals surface area contributed by atoms with Gasteiger partial charge in [-0.2, -0.15) is 0 Å². The Morgan fingerprint density at radius 2 is 2.27 bits per heavy atom. The molecule has 0 amide bonds. The second-order valence-electron chi connectivity index (χ2n) is 2.13. The molecule has 11 heavy (non-hydrogen) atoms. The highest BCUT2D eigenvalue weighted by molar-refractivity contribution is 5.56. The monoisotopic (exact) mass is 167 g/mol. The maximum Gasteiger partial charge on any atom is 0.524 e. The minimum Gasteiger partial charge on any atom is -0.352 e. The van der Waals surface area contributed by atoms with Gasteiger partial charge in [0.1, 0.15) is 0 Å². The molecule has 1 radical (unpaired) electrons. The largest absolute Gasteiger partial charge is 0.524 e. The number of hydrogen-bond acceptors (Lipinski definition) is 3. The van der Waals surface area contributed by atoms with Crippen LogP contribution in [0.4, 0.5) is 13.2 Å². The Labute approximate surface area is 61.5 Å². The second kappa shape index (κ2) is 2.69. The van der Waals surface area contributed by atoms with E-state index in [2.05, 4.69) is 16.1 Å². The minimum absolute atomic E-state index is 0.0967. The molecule has 0 N–H and O–H groups in total. The summed E-state index contributed by atoms with van der Waals surface area (Å²) in [6.45, 7) is 0.0967. The smallest absolute Gasteiger partial charge is 0.352 e. The summed E-state index contributed by atoms with van der Waals surface area (Å²) in [5.41, 5.74) is 0. The molecule has 0 fully saturated rings. The van der Waals surface area contributed by atoms with E-state index in [-0.39, 0.29) is 6.54 Å². The summed E-state index contributed by atoms with van der Waals surface area (Å²) < 4.78 is 38.1. The average Bonchev–Trinajstić information content (AvgIpc) is 2.10. The Morgan fingerprint density at radius 1 is 1.64 bits per heavy atom. The highest BCUT2D eigenvalue weighted by atomic mass is 19.4. The minimum atomic E-state index is -4.61. The maximum atomic E-state index is 11.5. The number of nitrogens with zero attached hydrogens (tertiary/aromatic N) is 2. The van der Waals surface area contributed by atoms with Gasteiger partial charge in [-0.1, -0.05) is 0 Å². The summed E-state index contributed by atoms with van der Waals surface area (Å²) in [7, 11) is 1.57. The molecule has 0 aromatic rings. The standard InChI is InChI=1S/C5H6F3N2O/c1-10-2-4(9-3-10)11-5(6,7)8/h4H,2H2,1H3. The first-order valence-electron chi connectivity index (χ1n) is 2.88. The van der Waals surface area contributed by atoms with Crippen LogP contribution in [0.5, 0.6) is 0 Å². The number of alkyl halides is 3. The van der Waals surface area contributed by atoms with Crippen molar-refractivity contribution in [2.75, 3.05) is 13.6 Å². The third kappa shape index (κ3) is 2.75. The quantitative estimate of drug-likeness (QED) is 0.574. The van der Waals surface area contributed by atoms with Crippen molar-refractivity contribution >= 4 is 6.34 Å². The van der Waals surface area contributed by atoms with Crippen molar-refractivity contribution in [3.63, 3.8) is 0 Å². The Hall–Kier alpha value is -0.780. The van der Waals surface area contributed by atoms with Crippen molar-refractivity contribution in [2.24, 2.45) is 4.99 Å². The van der Waals surface area contributed by atoms with Crippen LogP contribution in [0.15, 0.2) is 4.99 Å². The zero-order valence-electron chi connectivity index (χ0n) is 5.72. The van der Waals surface area contributed by atoms with Crippen LogP contribution in [0, 0.1) is 0 Å². The van der Waals surface area contributed by atoms with Gasteiger partial charge in [0.05, 0.1) is 6.54 Å². The van der Waals surface area contributed by atoms with Gasteiger partial charge in [0.25, 0.3) is 0 Å². The summed E-state index contributed by atoms with van der Waals surface area (Å²) in [5.74, 6) is 0. The summed E-state index contributed by atoms with van der Waals surface area (Å²) in [5, 5.41) is 0. The number of likely N-dealkylation sites (N-methyl/N-ethyl adjacent to an activating group) is 1. The molecule has 3 nitrogen and oxygen atoms in total. The van der Waals surface area contributed by atoms with Gasteiger partial charge in [0.15, 0.2) is 12.6 Å². The fraction of sp³-hybridized carbons (Fsp3) is 0.800. The van der Waals surface area contributed by atoms with Crippen LogP contribution in [-0.4, -0.2) is 37.4 Å². The van der Waals surface area contributed by atoms with Gasteiger partial charge in [-0.25, -0.2) is 4.99 Å². The molecule has 63 valence electrons. The Bertz CT molecular complexity index is 168. The molecule has 0 aromatic heterocycles. The third-order valence-electron chi connectivity index (χ3n) is 1.07. The van der Waals surface area contributed by atoms with Crippen molar-refractivity contribution in [1.82, 2.24) is 4.90 Å². The van der Waals surface area contributed by atoms with Crippen LogP contribution >= 0.6 is 0 Å². The topological polar surface area (TPSA) is 24.8 Å². The van der Waals surface area contributed by atoms with E-state index in [1.165, 1.54) is 4.90 Å². The predicted octanol–water partition coefficient (Wildman–Crippen LogP) is 0.700. The van der Waals surface area contributed by atoms with E-state index in [1.54, 1.807) is 7.05 Å². The van der Waals surface area contributed by atoms with Gasteiger partial charge >= 0.3 is 6.36 Å². The lowest BCUT2D eigenvalue weighted by Gasteiger charge is -2.12. The van der Waals surface area contributed by atoms with Crippen LogP contribution < -0.4 is 0 Å². The van der Waals surface area contributed by atoms with Crippen LogP contribution in [0.3, 0.4) is 0 Å². The molecule has 0 aromatic carbocycles. The highest BCUT2D eigenvalue weighted by Crippen LogP contribution is 2.20. The lowest BCUT2D eigenvalue weighted by Crippen LogP contribution is -2.27. The van der Waals surface area contributed by atoms with Crippen molar-refractivity contribution in [3.05, 3.63) is 0 Å². The Morgan fingerprint density at radius 3 is 2.64 bits per heavy atom. The van der Waals surface area contributed by atoms with Gasteiger partial charge in [-0.3, -0.25) is 4.74 Å². The summed E-state index contributed by atoms with van der Waals surface area (Å²) in [6, 6.07) is 0. The number of hydrogen-bond donors (Lipinski definition) is 0. The van der Waals surface area contributed by atoms with E-state index in [9.17, 15) is 13.2 Å². The van der Waals surface area contributed by atoms with Crippen molar-refractivity contribution in [1.29, 1.82) is 0 Å². The van der Waals surface area contributed by atoms with Gasteiger partial charge in [-0.05, 0) is 0 Å². The second-order valence-corrected chi connectivity index (χ2v) is 2.13. The molecule has 1 heterocycles. The zero-order chi connectivity index (χ0) is 8.48. The molecule has 1 atom stereocenters. The molecule has 0 saturated heterocycles. The molecular weight excluding hydrogens is 161 g/mol. The molecule has 0 aliphatic carbocycles. The van der Waals surface area contributed by atoms with E-state index in [4.69, 9.17) is 0 Å². The third-order valence-corrected chi connectivity index (χ3v) is 1.07. The molecule has 1 aliphatic rings. The Balaban J connectivity index is 2.36. The maximum absolute atomic E-state index is 11.5. The number of halogens is 3. The number of rotatable bonds is 1. The predicted molar refractivity (Wildman–Crippen MR) is 31.0 cm³/mol. The van der Waals surface area contributed by atoms with E-state index in [1.807, 2.05) is 0 Å². The highest BCUT2D eigenvalue weighted by Gasteiger charge is 2.35. The molecular formula is C5H6F3N2O. The van der Waals surface area contributed by atoms with Crippen molar-refractivity contribution in [3.8, 4) is 0 Å². The van der Waals surface area contributed by atoms with Crippen molar-refractivity contribution < 1.29 is 17.9 Å². The molecule has 0 saturated carbocycles. The first-order valence-corrected chi connectivity index (χ1v) is 2.88. The fourth-order valence-corrected chi connectivity index (χ4v) is 0.697. The molecule has 1 aliphatic heterocycles. The molecule has 0 spiro atoms. The molecule has 0 bridgehead atoms. The van der Waals surface area contributed by atoms with Crippen LogP contribution in [0.25, 0.3) is 0 Å².